The van der Waals surface area contributed by atoms with E-state index in [0.717, 1.165) is 11.4 Å². The van der Waals surface area contributed by atoms with Gasteiger partial charge in [0.15, 0.2) is 5.96 Å². The van der Waals surface area contributed by atoms with Crippen molar-refractivity contribution in [3.05, 3.63) is 24.3 Å². The number of benzene rings is 1. The van der Waals surface area contributed by atoms with Crippen molar-refractivity contribution in [1.82, 2.24) is 0 Å². The van der Waals surface area contributed by atoms with Crippen LogP contribution in [0.2, 0.25) is 0 Å². The van der Waals surface area contributed by atoms with Crippen molar-refractivity contribution in [1.29, 1.82) is 0 Å². The SMILES string of the molecule is COc1ccc(NC(N)=NCCOCCS(C)(=O)=O)cc1.I. The predicted molar refractivity (Wildman–Crippen MR) is 99.1 cm³/mol. The normalized spacial score (nSPS) is 11.6. The third-order valence-corrected chi connectivity index (χ3v) is 3.39. The molecule has 0 atom stereocenters. The lowest BCUT2D eigenvalue weighted by Crippen LogP contribution is -2.23. The number of guanidine groups is 1. The molecule has 0 heterocycles. The maximum Gasteiger partial charge on any atom is 0.193 e. The van der Waals surface area contributed by atoms with Crippen molar-refractivity contribution in [3.8, 4) is 5.75 Å². The van der Waals surface area contributed by atoms with E-state index in [0.29, 0.717) is 13.2 Å². The van der Waals surface area contributed by atoms with Crippen LogP contribution in [0.25, 0.3) is 0 Å². The molecule has 126 valence electrons. The van der Waals surface area contributed by atoms with Crippen LogP contribution < -0.4 is 15.8 Å². The van der Waals surface area contributed by atoms with Crippen LogP contribution in [0, 0.1) is 0 Å². The average Bonchev–Trinajstić information content (AvgIpc) is 2.42. The molecule has 1 aromatic carbocycles. The predicted octanol–water partition coefficient (Wildman–Crippen LogP) is 1.10. The van der Waals surface area contributed by atoms with Crippen LogP contribution in [0.4, 0.5) is 5.69 Å². The summed E-state index contributed by atoms with van der Waals surface area (Å²) < 4.78 is 32.0. The monoisotopic (exact) mass is 443 g/mol. The van der Waals surface area contributed by atoms with Crippen LogP contribution in [0.1, 0.15) is 0 Å². The minimum atomic E-state index is -2.98. The Hall–Kier alpha value is -1.07. The fraction of sp³-hybridized carbons (Fsp3) is 0.462. The van der Waals surface area contributed by atoms with Gasteiger partial charge in [-0.3, -0.25) is 4.99 Å². The molecule has 0 unspecified atom stereocenters. The van der Waals surface area contributed by atoms with Crippen molar-refractivity contribution >= 4 is 45.5 Å². The van der Waals surface area contributed by atoms with E-state index in [1.165, 1.54) is 6.26 Å². The summed E-state index contributed by atoms with van der Waals surface area (Å²) in [5.74, 6) is 1.04. The molecule has 7 nitrogen and oxygen atoms in total. The molecule has 0 aromatic heterocycles. The molecule has 0 saturated carbocycles. The molecular formula is C13H22IN3O4S. The van der Waals surface area contributed by atoms with E-state index in [-0.39, 0.29) is 42.3 Å². The maximum atomic E-state index is 10.9. The number of nitrogens with one attached hydrogen (secondary N) is 1. The molecule has 0 spiro atoms. The standard InChI is InChI=1S/C13H21N3O4S.HI/c1-19-12-5-3-11(4-6-12)16-13(14)15-7-8-20-9-10-21(2,17)18;/h3-6H,7-10H2,1-2H3,(H3,14,15,16);1H. The first-order valence-electron chi connectivity index (χ1n) is 6.37. The fourth-order valence-electron chi connectivity index (χ4n) is 1.40. The Kier molecular flexibility index (Phi) is 10.1. The van der Waals surface area contributed by atoms with Crippen LogP contribution in [0.15, 0.2) is 29.3 Å². The molecule has 0 radical (unpaired) electrons. The molecule has 0 saturated heterocycles. The van der Waals surface area contributed by atoms with Gasteiger partial charge in [-0.15, -0.1) is 24.0 Å². The summed E-state index contributed by atoms with van der Waals surface area (Å²) in [6.45, 7) is 0.847. The van der Waals surface area contributed by atoms with Crippen LogP contribution in [-0.2, 0) is 14.6 Å². The first-order chi connectivity index (χ1) is 9.90. The third kappa shape index (κ3) is 9.79. The van der Waals surface area contributed by atoms with Gasteiger partial charge in [0, 0.05) is 11.9 Å². The summed E-state index contributed by atoms with van der Waals surface area (Å²) in [4.78, 5) is 4.07. The lowest BCUT2D eigenvalue weighted by molar-refractivity contribution is 0.157. The van der Waals surface area contributed by atoms with Crippen LogP contribution in [-0.4, -0.2) is 53.3 Å². The van der Waals surface area contributed by atoms with E-state index in [2.05, 4.69) is 10.3 Å². The molecule has 0 amide bonds. The largest absolute Gasteiger partial charge is 0.497 e. The Morgan fingerprint density at radius 2 is 1.91 bits per heavy atom. The number of aliphatic imine (C=N–C) groups is 1. The molecule has 9 heteroatoms. The molecular weight excluding hydrogens is 421 g/mol. The molecule has 0 aliphatic rings. The van der Waals surface area contributed by atoms with Gasteiger partial charge in [-0.2, -0.15) is 0 Å². The zero-order valence-electron chi connectivity index (χ0n) is 12.6. The number of hydrogen-bond acceptors (Lipinski definition) is 5. The molecule has 0 bridgehead atoms. The number of hydrogen-bond donors (Lipinski definition) is 2. The highest BCUT2D eigenvalue weighted by molar-refractivity contribution is 14.0. The van der Waals surface area contributed by atoms with Crippen molar-refractivity contribution in [2.45, 2.75) is 0 Å². The van der Waals surface area contributed by atoms with Gasteiger partial charge in [0.25, 0.3) is 0 Å². The van der Waals surface area contributed by atoms with Crippen molar-refractivity contribution in [2.24, 2.45) is 10.7 Å². The number of nitrogens with two attached hydrogens (primary N) is 1. The van der Waals surface area contributed by atoms with Gasteiger partial charge >= 0.3 is 0 Å². The fourth-order valence-corrected chi connectivity index (χ4v) is 1.83. The van der Waals surface area contributed by atoms with Gasteiger partial charge in [-0.1, -0.05) is 0 Å². The van der Waals surface area contributed by atoms with E-state index in [4.69, 9.17) is 15.2 Å². The Bertz CT molecular complexity index is 561. The van der Waals surface area contributed by atoms with Crippen molar-refractivity contribution < 1.29 is 17.9 Å². The number of methoxy groups -OCH3 is 1. The number of halogens is 1. The zero-order chi connectivity index (χ0) is 15.7. The second-order valence-corrected chi connectivity index (χ2v) is 6.62. The van der Waals surface area contributed by atoms with Crippen molar-refractivity contribution in [2.75, 3.05) is 44.2 Å². The first kappa shape index (κ1) is 20.9. The number of ether oxygens (including phenoxy) is 2. The maximum absolute atomic E-state index is 10.9. The first-order valence-corrected chi connectivity index (χ1v) is 8.43. The average molecular weight is 443 g/mol. The van der Waals surface area contributed by atoms with E-state index in [1.807, 2.05) is 24.3 Å². The van der Waals surface area contributed by atoms with Gasteiger partial charge in [0.05, 0.1) is 32.6 Å². The summed E-state index contributed by atoms with van der Waals surface area (Å²) in [5.41, 5.74) is 6.52. The van der Waals surface area contributed by atoms with Gasteiger partial charge in [-0.05, 0) is 24.3 Å². The van der Waals surface area contributed by atoms with E-state index < -0.39 is 9.84 Å². The Labute approximate surface area is 148 Å². The lowest BCUT2D eigenvalue weighted by atomic mass is 10.3. The second kappa shape index (κ2) is 10.6. The van der Waals surface area contributed by atoms with Gasteiger partial charge in [0.1, 0.15) is 15.6 Å². The number of anilines is 1. The van der Waals surface area contributed by atoms with Gasteiger partial charge in [-0.25, -0.2) is 8.42 Å². The highest BCUT2D eigenvalue weighted by Crippen LogP contribution is 2.14. The van der Waals surface area contributed by atoms with E-state index in [1.54, 1.807) is 7.11 Å². The number of sulfone groups is 1. The van der Waals surface area contributed by atoms with Gasteiger partial charge in [0.2, 0.25) is 0 Å². The molecule has 0 aliphatic carbocycles. The topological polar surface area (TPSA) is 103 Å². The summed E-state index contributed by atoms with van der Waals surface area (Å²) in [7, 11) is -1.38. The number of rotatable bonds is 8. The second-order valence-electron chi connectivity index (χ2n) is 4.36. The zero-order valence-corrected chi connectivity index (χ0v) is 15.8. The summed E-state index contributed by atoms with van der Waals surface area (Å²) >= 11 is 0. The summed E-state index contributed by atoms with van der Waals surface area (Å²) in [6, 6.07) is 7.27. The minimum absolute atomic E-state index is 0. The summed E-state index contributed by atoms with van der Waals surface area (Å²) in [6.07, 6.45) is 1.17. The summed E-state index contributed by atoms with van der Waals surface area (Å²) in [5, 5.41) is 2.93. The van der Waals surface area contributed by atoms with E-state index >= 15 is 0 Å². The smallest absolute Gasteiger partial charge is 0.193 e. The number of nitrogens with zero attached hydrogens (tertiary/aromatic N) is 1. The van der Waals surface area contributed by atoms with Gasteiger partial charge < -0.3 is 20.5 Å². The Morgan fingerprint density at radius 3 is 2.45 bits per heavy atom. The Balaban J connectivity index is 0.00000441. The van der Waals surface area contributed by atoms with Crippen LogP contribution in [0.5, 0.6) is 5.75 Å². The highest BCUT2D eigenvalue weighted by Gasteiger charge is 2.01. The third-order valence-electron chi connectivity index (χ3n) is 2.48. The molecule has 0 fully saturated rings. The minimum Gasteiger partial charge on any atom is -0.497 e. The van der Waals surface area contributed by atoms with Crippen molar-refractivity contribution in [3.63, 3.8) is 0 Å². The van der Waals surface area contributed by atoms with Crippen LogP contribution >= 0.6 is 24.0 Å². The molecule has 22 heavy (non-hydrogen) atoms. The molecule has 1 rings (SSSR count). The lowest BCUT2D eigenvalue weighted by Gasteiger charge is -2.07. The molecule has 3 N–H and O–H groups in total. The van der Waals surface area contributed by atoms with E-state index in [9.17, 15) is 8.42 Å². The highest BCUT2D eigenvalue weighted by atomic mass is 127. The van der Waals surface area contributed by atoms with Crippen LogP contribution in [0.3, 0.4) is 0 Å². The molecule has 1 aromatic rings. The molecule has 0 aliphatic heterocycles. The Morgan fingerprint density at radius 1 is 1.27 bits per heavy atom. The quantitative estimate of drug-likeness (QED) is 0.270.